The third kappa shape index (κ3) is 9.30. The summed E-state index contributed by atoms with van der Waals surface area (Å²) in [6.07, 6.45) is 11.3. The van der Waals surface area contributed by atoms with Crippen molar-refractivity contribution in [1.29, 1.82) is 0 Å². The SMILES string of the molecule is [N-]=[N+]=Nc1ccc(S(=O)(=O)NCCCCC(/C=C/C(=O)O)CCCc2cccnc2)cc1. The minimum atomic E-state index is -3.64. The van der Waals surface area contributed by atoms with E-state index in [-0.39, 0.29) is 17.4 Å². The number of rotatable bonds is 14. The Kier molecular flexibility index (Phi) is 10.4. The molecule has 32 heavy (non-hydrogen) atoms. The average Bonchev–Trinajstić information content (AvgIpc) is 2.78. The lowest BCUT2D eigenvalue weighted by molar-refractivity contribution is -0.131. The second kappa shape index (κ2) is 13.3. The summed E-state index contributed by atoms with van der Waals surface area (Å²) in [4.78, 5) is 17.7. The highest BCUT2D eigenvalue weighted by molar-refractivity contribution is 7.89. The van der Waals surface area contributed by atoms with Gasteiger partial charge in [0.2, 0.25) is 10.0 Å². The smallest absolute Gasteiger partial charge is 0.327 e. The molecule has 0 aliphatic rings. The minimum absolute atomic E-state index is 0.104. The monoisotopic (exact) mass is 457 g/mol. The molecule has 2 N–H and O–H groups in total. The summed E-state index contributed by atoms with van der Waals surface area (Å²) in [6.45, 7) is 0.283. The average molecular weight is 458 g/mol. The van der Waals surface area contributed by atoms with Crippen molar-refractivity contribution in [2.45, 2.75) is 43.4 Å². The molecule has 0 saturated heterocycles. The van der Waals surface area contributed by atoms with Crippen LogP contribution in [-0.2, 0) is 21.2 Å². The van der Waals surface area contributed by atoms with E-state index in [1.165, 1.54) is 30.3 Å². The molecule has 2 aromatic rings. The third-order valence-electron chi connectivity index (χ3n) is 4.88. The molecule has 0 spiro atoms. The number of allylic oxidation sites excluding steroid dienone is 1. The van der Waals surface area contributed by atoms with Gasteiger partial charge in [-0.3, -0.25) is 4.98 Å². The number of carbonyl (C=O) groups is 1. The van der Waals surface area contributed by atoms with E-state index in [1.807, 2.05) is 18.3 Å². The Bertz CT molecular complexity index is 1030. The second-order valence-electron chi connectivity index (χ2n) is 7.29. The summed E-state index contributed by atoms with van der Waals surface area (Å²) in [5.41, 5.74) is 9.90. The Labute approximate surface area is 187 Å². The molecule has 0 radical (unpaired) electrons. The molecule has 1 aromatic carbocycles. The Morgan fingerprint density at radius 3 is 2.59 bits per heavy atom. The van der Waals surface area contributed by atoms with Crippen molar-refractivity contribution in [1.82, 2.24) is 9.71 Å². The molecule has 1 aromatic heterocycles. The molecule has 0 saturated carbocycles. The zero-order chi connectivity index (χ0) is 23.2. The number of unbranched alkanes of at least 4 members (excludes halogenated alkanes) is 1. The van der Waals surface area contributed by atoms with Crippen LogP contribution in [-0.4, -0.2) is 31.0 Å². The number of pyridine rings is 1. The van der Waals surface area contributed by atoms with Gasteiger partial charge >= 0.3 is 5.97 Å². The highest BCUT2D eigenvalue weighted by Gasteiger charge is 2.13. The number of nitrogens with zero attached hydrogens (tertiary/aromatic N) is 4. The lowest BCUT2D eigenvalue weighted by atomic mass is 9.94. The van der Waals surface area contributed by atoms with Gasteiger partial charge in [0.25, 0.3) is 0 Å². The number of aliphatic carboxylic acids is 1. The molecule has 9 nitrogen and oxygen atoms in total. The van der Waals surface area contributed by atoms with Crippen LogP contribution in [0.25, 0.3) is 10.4 Å². The van der Waals surface area contributed by atoms with Crippen molar-refractivity contribution in [3.05, 3.63) is 77.0 Å². The van der Waals surface area contributed by atoms with Gasteiger partial charge < -0.3 is 5.11 Å². The van der Waals surface area contributed by atoms with E-state index < -0.39 is 16.0 Å². The second-order valence-corrected chi connectivity index (χ2v) is 9.05. The fourth-order valence-electron chi connectivity index (χ4n) is 3.23. The van der Waals surface area contributed by atoms with Gasteiger partial charge in [0, 0.05) is 35.6 Å². The van der Waals surface area contributed by atoms with Gasteiger partial charge in [-0.05, 0) is 67.3 Å². The molecular formula is C22H27N5O4S. The molecule has 0 aliphatic carbocycles. The summed E-state index contributed by atoms with van der Waals surface area (Å²) in [6, 6.07) is 9.58. The maximum Gasteiger partial charge on any atom is 0.327 e. The molecule has 0 fully saturated rings. The van der Waals surface area contributed by atoms with E-state index in [1.54, 1.807) is 12.3 Å². The zero-order valence-corrected chi connectivity index (χ0v) is 18.5. The summed E-state index contributed by atoms with van der Waals surface area (Å²) < 4.78 is 27.3. The van der Waals surface area contributed by atoms with Crippen molar-refractivity contribution in [2.75, 3.05) is 6.54 Å². The van der Waals surface area contributed by atoms with Crippen molar-refractivity contribution in [2.24, 2.45) is 11.0 Å². The van der Waals surface area contributed by atoms with Crippen LogP contribution in [0.3, 0.4) is 0 Å². The zero-order valence-electron chi connectivity index (χ0n) is 17.7. The Balaban J connectivity index is 1.78. The first-order valence-corrected chi connectivity index (χ1v) is 11.8. The van der Waals surface area contributed by atoms with Crippen molar-refractivity contribution >= 4 is 21.7 Å². The largest absolute Gasteiger partial charge is 0.478 e. The first-order valence-electron chi connectivity index (χ1n) is 10.4. The molecule has 1 unspecified atom stereocenters. The molecule has 10 heteroatoms. The van der Waals surface area contributed by atoms with Gasteiger partial charge in [-0.1, -0.05) is 35.8 Å². The number of carboxylic acids is 1. The number of carboxylic acid groups (broad SMARTS) is 1. The normalized spacial score (nSPS) is 12.4. The highest BCUT2D eigenvalue weighted by atomic mass is 32.2. The van der Waals surface area contributed by atoms with Crippen LogP contribution < -0.4 is 4.72 Å². The van der Waals surface area contributed by atoms with Gasteiger partial charge in [0.05, 0.1) is 4.90 Å². The lowest BCUT2D eigenvalue weighted by Gasteiger charge is -2.13. The van der Waals surface area contributed by atoms with Crippen molar-refractivity contribution in [3.63, 3.8) is 0 Å². The molecule has 0 aliphatic heterocycles. The van der Waals surface area contributed by atoms with E-state index in [9.17, 15) is 13.2 Å². The minimum Gasteiger partial charge on any atom is -0.478 e. The first-order chi connectivity index (χ1) is 15.4. The molecule has 170 valence electrons. The summed E-state index contributed by atoms with van der Waals surface area (Å²) in [7, 11) is -3.64. The van der Waals surface area contributed by atoms with Crippen LogP contribution in [0.4, 0.5) is 5.69 Å². The fourth-order valence-corrected chi connectivity index (χ4v) is 4.31. The van der Waals surface area contributed by atoms with E-state index in [0.29, 0.717) is 12.1 Å². The van der Waals surface area contributed by atoms with Gasteiger partial charge in [-0.2, -0.15) is 0 Å². The number of hydrogen-bond donors (Lipinski definition) is 2. The number of aryl methyl sites for hydroxylation is 1. The number of nitrogens with one attached hydrogen (secondary N) is 1. The predicted molar refractivity (Wildman–Crippen MR) is 122 cm³/mol. The summed E-state index contributed by atoms with van der Waals surface area (Å²) in [5.74, 6) is -0.853. The predicted octanol–water partition coefficient (Wildman–Crippen LogP) is 4.75. The van der Waals surface area contributed by atoms with Crippen LogP contribution >= 0.6 is 0 Å². The highest BCUT2D eigenvalue weighted by Crippen LogP contribution is 2.19. The molecule has 1 atom stereocenters. The fraction of sp³-hybridized carbons (Fsp3) is 0.364. The standard InChI is InChI=1S/C22H27N5O4S/c23-27-26-20-10-12-21(13-11-20)32(30,31)25-16-2-1-5-18(9-14-22(28)29)6-3-7-19-8-4-15-24-17-19/h4,8-15,17-18,25H,1-3,5-7,16H2,(H,28,29)/b14-9+. The Morgan fingerprint density at radius 2 is 1.94 bits per heavy atom. The molecule has 0 amide bonds. The Morgan fingerprint density at radius 1 is 1.19 bits per heavy atom. The molecule has 2 rings (SSSR count). The maximum absolute atomic E-state index is 12.4. The quantitative estimate of drug-likeness (QED) is 0.138. The first kappa shape index (κ1) is 25.1. The number of hydrogen-bond acceptors (Lipinski definition) is 5. The van der Waals surface area contributed by atoms with Crippen LogP contribution in [0.5, 0.6) is 0 Å². The van der Waals surface area contributed by atoms with Crippen LogP contribution in [0, 0.1) is 5.92 Å². The number of benzene rings is 1. The van der Waals surface area contributed by atoms with Gasteiger partial charge in [0.15, 0.2) is 0 Å². The maximum atomic E-state index is 12.4. The van der Waals surface area contributed by atoms with Crippen LogP contribution in [0.2, 0.25) is 0 Å². The number of azide groups is 1. The molecular weight excluding hydrogens is 430 g/mol. The van der Waals surface area contributed by atoms with Crippen molar-refractivity contribution < 1.29 is 18.3 Å². The van der Waals surface area contributed by atoms with Crippen LogP contribution in [0.15, 0.2) is 71.0 Å². The van der Waals surface area contributed by atoms with E-state index in [0.717, 1.165) is 37.7 Å². The third-order valence-corrected chi connectivity index (χ3v) is 6.35. The number of sulfonamides is 1. The van der Waals surface area contributed by atoms with Gasteiger partial charge in [-0.15, -0.1) is 0 Å². The summed E-state index contributed by atoms with van der Waals surface area (Å²) >= 11 is 0. The van der Waals surface area contributed by atoms with E-state index in [2.05, 4.69) is 19.7 Å². The lowest BCUT2D eigenvalue weighted by Crippen LogP contribution is -2.24. The van der Waals surface area contributed by atoms with Crippen molar-refractivity contribution in [3.8, 4) is 0 Å². The van der Waals surface area contributed by atoms with Crippen LogP contribution in [0.1, 0.15) is 37.7 Å². The van der Waals surface area contributed by atoms with Gasteiger partial charge in [-0.25, -0.2) is 17.9 Å². The molecule has 0 bridgehead atoms. The van der Waals surface area contributed by atoms with E-state index >= 15 is 0 Å². The Hall–Kier alpha value is -3.20. The van der Waals surface area contributed by atoms with E-state index in [4.69, 9.17) is 10.6 Å². The summed E-state index contributed by atoms with van der Waals surface area (Å²) in [5, 5.41) is 12.3. The topological polar surface area (TPSA) is 145 Å². The molecule has 1 heterocycles. The van der Waals surface area contributed by atoms with Gasteiger partial charge in [0.1, 0.15) is 0 Å². The number of aromatic nitrogens is 1.